The van der Waals surface area contributed by atoms with Crippen molar-refractivity contribution in [3.63, 3.8) is 0 Å². The van der Waals surface area contributed by atoms with Crippen LogP contribution in [0, 0.1) is 23.2 Å². The summed E-state index contributed by atoms with van der Waals surface area (Å²) in [4.78, 5) is 5.87. The van der Waals surface area contributed by atoms with Crippen molar-refractivity contribution < 1.29 is 0 Å². The lowest BCUT2D eigenvalue weighted by Crippen LogP contribution is -2.50. The molecule has 0 radical (unpaired) electrons. The van der Waals surface area contributed by atoms with Gasteiger partial charge in [-0.3, -0.25) is 4.40 Å². The van der Waals surface area contributed by atoms with Gasteiger partial charge in [0.15, 0.2) is 4.96 Å². The van der Waals surface area contributed by atoms with Crippen molar-refractivity contribution in [1.82, 2.24) is 9.38 Å². The quantitative estimate of drug-likeness (QED) is 0.917. The number of thiazole rings is 1. The van der Waals surface area contributed by atoms with Crippen LogP contribution in [-0.2, 0) is 0 Å². The SMILES string of the molecule is NC(c1cn2ccsc2n1)C12CC3CC(CC(C3)C1)C2. The second-order valence-corrected chi connectivity index (χ2v) is 8.39. The first kappa shape index (κ1) is 11.8. The molecule has 2 heterocycles. The van der Waals surface area contributed by atoms with E-state index in [2.05, 4.69) is 22.2 Å². The molecule has 20 heavy (non-hydrogen) atoms. The summed E-state index contributed by atoms with van der Waals surface area (Å²) in [5.41, 5.74) is 8.23. The van der Waals surface area contributed by atoms with Crippen LogP contribution in [0.1, 0.15) is 50.3 Å². The molecule has 0 aliphatic heterocycles. The Morgan fingerprint density at radius 1 is 1.20 bits per heavy atom. The van der Waals surface area contributed by atoms with E-state index in [1.54, 1.807) is 11.3 Å². The van der Waals surface area contributed by atoms with Crippen molar-refractivity contribution in [1.29, 1.82) is 0 Å². The van der Waals surface area contributed by atoms with Crippen molar-refractivity contribution in [3.8, 4) is 0 Å². The van der Waals surface area contributed by atoms with Gasteiger partial charge in [0.25, 0.3) is 0 Å². The molecule has 4 saturated carbocycles. The molecule has 4 fully saturated rings. The predicted molar refractivity (Wildman–Crippen MR) is 80.6 cm³/mol. The molecular weight excluding hydrogens is 266 g/mol. The Hall–Kier alpha value is -0.870. The smallest absolute Gasteiger partial charge is 0.193 e. The number of hydrogen-bond donors (Lipinski definition) is 1. The van der Waals surface area contributed by atoms with Gasteiger partial charge in [-0.05, 0) is 61.7 Å². The molecule has 4 aliphatic rings. The molecule has 1 unspecified atom stereocenters. The molecule has 2 aromatic rings. The zero-order chi connectivity index (χ0) is 13.3. The summed E-state index contributed by atoms with van der Waals surface area (Å²) in [6.45, 7) is 0. The van der Waals surface area contributed by atoms with E-state index < -0.39 is 0 Å². The van der Waals surface area contributed by atoms with Crippen molar-refractivity contribution in [2.45, 2.75) is 44.6 Å². The van der Waals surface area contributed by atoms with Crippen molar-refractivity contribution in [2.24, 2.45) is 28.9 Å². The third-order valence-electron chi connectivity index (χ3n) is 6.18. The highest BCUT2D eigenvalue weighted by Crippen LogP contribution is 2.63. The summed E-state index contributed by atoms with van der Waals surface area (Å²) in [5.74, 6) is 2.86. The van der Waals surface area contributed by atoms with E-state index in [-0.39, 0.29) is 6.04 Å². The van der Waals surface area contributed by atoms with Gasteiger partial charge < -0.3 is 5.73 Å². The number of imidazole rings is 1. The Labute approximate surface area is 123 Å². The Morgan fingerprint density at radius 2 is 1.85 bits per heavy atom. The number of fused-ring (bicyclic) bond motifs is 1. The van der Waals surface area contributed by atoms with Gasteiger partial charge in [0.2, 0.25) is 0 Å². The Kier molecular flexibility index (Phi) is 2.27. The van der Waals surface area contributed by atoms with Gasteiger partial charge in [0, 0.05) is 17.8 Å². The summed E-state index contributed by atoms with van der Waals surface area (Å²) >= 11 is 1.70. The third kappa shape index (κ3) is 1.52. The lowest BCUT2D eigenvalue weighted by Gasteiger charge is -2.58. The lowest BCUT2D eigenvalue weighted by atomic mass is 9.47. The first-order valence-corrected chi connectivity index (χ1v) is 8.77. The molecular formula is C16H21N3S. The van der Waals surface area contributed by atoms with Gasteiger partial charge in [-0.2, -0.15) is 0 Å². The molecule has 6 rings (SSSR count). The fraction of sp³-hybridized carbons (Fsp3) is 0.688. The summed E-state index contributed by atoms with van der Waals surface area (Å²) in [6, 6.07) is 0.142. The number of aromatic nitrogens is 2. The minimum atomic E-state index is 0.142. The van der Waals surface area contributed by atoms with Crippen LogP contribution in [0.25, 0.3) is 4.96 Å². The van der Waals surface area contributed by atoms with Crippen molar-refractivity contribution in [3.05, 3.63) is 23.5 Å². The van der Waals surface area contributed by atoms with E-state index in [9.17, 15) is 0 Å². The molecule has 106 valence electrons. The molecule has 1 atom stereocenters. The third-order valence-corrected chi connectivity index (χ3v) is 6.95. The minimum Gasteiger partial charge on any atom is -0.322 e. The van der Waals surface area contributed by atoms with Crippen LogP contribution in [0.4, 0.5) is 0 Å². The normalized spacial score (nSPS) is 40.5. The van der Waals surface area contributed by atoms with Crippen molar-refractivity contribution >= 4 is 16.3 Å². The van der Waals surface area contributed by atoms with Crippen LogP contribution in [0.5, 0.6) is 0 Å². The van der Waals surface area contributed by atoms with Gasteiger partial charge in [-0.15, -0.1) is 11.3 Å². The van der Waals surface area contributed by atoms with E-state index in [0.29, 0.717) is 5.41 Å². The molecule has 3 nitrogen and oxygen atoms in total. The van der Waals surface area contributed by atoms with Gasteiger partial charge >= 0.3 is 0 Å². The fourth-order valence-corrected chi connectivity index (χ4v) is 6.47. The van der Waals surface area contributed by atoms with Gasteiger partial charge in [0.05, 0.1) is 11.7 Å². The average molecular weight is 287 g/mol. The van der Waals surface area contributed by atoms with Gasteiger partial charge in [-0.1, -0.05) is 0 Å². The largest absolute Gasteiger partial charge is 0.322 e. The Balaban J connectivity index is 1.53. The first-order valence-electron chi connectivity index (χ1n) is 7.89. The standard InChI is InChI=1S/C16H21N3S/c17-14(13-9-19-1-2-20-15(19)18-13)16-6-10-3-11(7-16)5-12(4-10)8-16/h1-2,9-12,14H,3-8,17H2. The topological polar surface area (TPSA) is 43.3 Å². The molecule has 4 aliphatic carbocycles. The first-order chi connectivity index (χ1) is 9.72. The summed E-state index contributed by atoms with van der Waals surface area (Å²) < 4.78 is 2.13. The highest BCUT2D eigenvalue weighted by atomic mass is 32.1. The zero-order valence-corrected chi connectivity index (χ0v) is 12.5. The highest BCUT2D eigenvalue weighted by Gasteiger charge is 2.54. The lowest BCUT2D eigenvalue weighted by molar-refractivity contribution is -0.0683. The zero-order valence-electron chi connectivity index (χ0n) is 11.7. The molecule has 2 aromatic heterocycles. The fourth-order valence-electron chi connectivity index (χ4n) is 5.77. The molecule has 0 amide bonds. The molecule has 0 saturated heterocycles. The van der Waals surface area contributed by atoms with E-state index in [0.717, 1.165) is 28.4 Å². The van der Waals surface area contributed by atoms with E-state index in [4.69, 9.17) is 10.7 Å². The highest BCUT2D eigenvalue weighted by molar-refractivity contribution is 7.15. The monoisotopic (exact) mass is 287 g/mol. The van der Waals surface area contributed by atoms with Crippen LogP contribution >= 0.6 is 11.3 Å². The van der Waals surface area contributed by atoms with E-state index >= 15 is 0 Å². The van der Waals surface area contributed by atoms with Gasteiger partial charge in [0.1, 0.15) is 0 Å². The van der Waals surface area contributed by atoms with Crippen molar-refractivity contribution in [2.75, 3.05) is 0 Å². The molecule has 2 N–H and O–H groups in total. The second-order valence-electron chi connectivity index (χ2n) is 7.52. The molecule has 0 spiro atoms. The molecule has 4 heteroatoms. The molecule has 4 bridgehead atoms. The maximum atomic E-state index is 6.75. The number of hydrogen-bond acceptors (Lipinski definition) is 3. The summed E-state index contributed by atoms with van der Waals surface area (Å²) in [7, 11) is 0. The second kappa shape index (κ2) is 3.86. The Bertz CT molecular complexity index is 592. The van der Waals surface area contributed by atoms with Gasteiger partial charge in [-0.25, -0.2) is 4.98 Å². The van der Waals surface area contributed by atoms with Crippen LogP contribution in [-0.4, -0.2) is 9.38 Å². The Morgan fingerprint density at radius 3 is 2.45 bits per heavy atom. The summed E-state index contributed by atoms with van der Waals surface area (Å²) in [5, 5.41) is 2.09. The van der Waals surface area contributed by atoms with E-state index in [1.807, 2.05) is 0 Å². The van der Waals surface area contributed by atoms with E-state index in [1.165, 1.54) is 38.5 Å². The average Bonchev–Trinajstić information content (AvgIpc) is 2.96. The summed E-state index contributed by atoms with van der Waals surface area (Å²) in [6.07, 6.45) is 12.7. The minimum absolute atomic E-state index is 0.142. The number of nitrogens with zero attached hydrogens (tertiary/aromatic N) is 2. The number of nitrogens with two attached hydrogens (primary N) is 1. The maximum Gasteiger partial charge on any atom is 0.193 e. The molecule has 0 aromatic carbocycles. The van der Waals surface area contributed by atoms with Crippen LogP contribution in [0.3, 0.4) is 0 Å². The predicted octanol–water partition coefficient (Wildman–Crippen LogP) is 3.61. The van der Waals surface area contributed by atoms with Crippen LogP contribution < -0.4 is 5.73 Å². The maximum absolute atomic E-state index is 6.75. The van der Waals surface area contributed by atoms with Crippen LogP contribution in [0.2, 0.25) is 0 Å². The van der Waals surface area contributed by atoms with Crippen LogP contribution in [0.15, 0.2) is 17.8 Å². The number of rotatable bonds is 2.